The van der Waals surface area contributed by atoms with Crippen LogP contribution >= 0.6 is 11.8 Å². The lowest BCUT2D eigenvalue weighted by atomic mass is 10.2. The fourth-order valence-corrected chi connectivity index (χ4v) is 1.96. The van der Waals surface area contributed by atoms with Gasteiger partial charge in [0.2, 0.25) is 0 Å². The van der Waals surface area contributed by atoms with Crippen molar-refractivity contribution in [2.45, 2.75) is 32.7 Å². The van der Waals surface area contributed by atoms with Crippen molar-refractivity contribution in [2.75, 3.05) is 18.6 Å². The molecule has 0 aliphatic heterocycles. The van der Waals surface area contributed by atoms with E-state index in [4.69, 9.17) is 4.42 Å². The Balaban J connectivity index is 1.93. The van der Waals surface area contributed by atoms with E-state index in [9.17, 15) is 0 Å². The van der Waals surface area contributed by atoms with Crippen LogP contribution < -0.4 is 5.32 Å². The number of unbranched alkanes of at least 4 members (excludes halogenated alkanes) is 2. The van der Waals surface area contributed by atoms with E-state index in [-0.39, 0.29) is 0 Å². The van der Waals surface area contributed by atoms with E-state index in [1.165, 1.54) is 25.0 Å². The molecule has 2 nitrogen and oxygen atoms in total. The number of thioether (sulfide) groups is 1. The summed E-state index contributed by atoms with van der Waals surface area (Å²) in [6.45, 7) is 3.93. The zero-order valence-electron chi connectivity index (χ0n) is 9.71. The van der Waals surface area contributed by atoms with Gasteiger partial charge in [0.1, 0.15) is 11.5 Å². The van der Waals surface area contributed by atoms with Gasteiger partial charge in [-0.25, -0.2) is 0 Å². The maximum Gasteiger partial charge on any atom is 0.117 e. The van der Waals surface area contributed by atoms with Gasteiger partial charge in [-0.3, -0.25) is 0 Å². The SMILES string of the molecule is CSCCCCCNCc1ccc(C)o1. The van der Waals surface area contributed by atoms with Crippen LogP contribution in [0, 0.1) is 6.92 Å². The van der Waals surface area contributed by atoms with Gasteiger partial charge in [0.05, 0.1) is 6.54 Å². The molecule has 0 unspecified atom stereocenters. The first kappa shape index (κ1) is 12.7. The number of aryl methyl sites for hydroxylation is 1. The normalized spacial score (nSPS) is 10.8. The molecular weight excluding hydrogens is 206 g/mol. The van der Waals surface area contributed by atoms with Gasteiger partial charge in [-0.1, -0.05) is 6.42 Å². The minimum atomic E-state index is 0.858. The van der Waals surface area contributed by atoms with Crippen molar-refractivity contribution in [2.24, 2.45) is 0 Å². The van der Waals surface area contributed by atoms with Gasteiger partial charge in [0.25, 0.3) is 0 Å². The quantitative estimate of drug-likeness (QED) is 0.690. The van der Waals surface area contributed by atoms with Crippen LogP contribution in [-0.2, 0) is 6.54 Å². The lowest BCUT2D eigenvalue weighted by molar-refractivity contribution is 0.459. The Morgan fingerprint density at radius 3 is 2.80 bits per heavy atom. The zero-order chi connectivity index (χ0) is 10.9. The maximum absolute atomic E-state index is 5.46. The van der Waals surface area contributed by atoms with Gasteiger partial charge in [-0.2, -0.15) is 11.8 Å². The van der Waals surface area contributed by atoms with Crippen molar-refractivity contribution >= 4 is 11.8 Å². The van der Waals surface area contributed by atoms with E-state index in [0.717, 1.165) is 24.6 Å². The third-order valence-electron chi connectivity index (χ3n) is 2.30. The number of hydrogen-bond acceptors (Lipinski definition) is 3. The maximum atomic E-state index is 5.46. The second kappa shape index (κ2) is 7.83. The summed E-state index contributed by atoms with van der Waals surface area (Å²) < 4.78 is 5.46. The Bertz CT molecular complexity index is 260. The van der Waals surface area contributed by atoms with Crippen molar-refractivity contribution < 1.29 is 4.42 Å². The number of nitrogens with one attached hydrogen (secondary N) is 1. The molecule has 1 aromatic heterocycles. The molecule has 0 aliphatic rings. The average molecular weight is 227 g/mol. The van der Waals surface area contributed by atoms with Crippen LogP contribution in [-0.4, -0.2) is 18.6 Å². The first-order valence-electron chi connectivity index (χ1n) is 5.58. The smallest absolute Gasteiger partial charge is 0.117 e. The summed E-state index contributed by atoms with van der Waals surface area (Å²) in [6, 6.07) is 4.05. The molecular formula is C12H21NOS. The first-order chi connectivity index (χ1) is 7.33. The summed E-state index contributed by atoms with van der Waals surface area (Å²) in [6.07, 6.45) is 6.09. The largest absolute Gasteiger partial charge is 0.465 e. The first-order valence-corrected chi connectivity index (χ1v) is 6.97. The highest BCUT2D eigenvalue weighted by molar-refractivity contribution is 7.98. The molecule has 1 N–H and O–H groups in total. The summed E-state index contributed by atoms with van der Waals surface area (Å²) in [5.41, 5.74) is 0. The van der Waals surface area contributed by atoms with Gasteiger partial charge in [0, 0.05) is 0 Å². The minimum Gasteiger partial charge on any atom is -0.465 e. The van der Waals surface area contributed by atoms with Gasteiger partial charge < -0.3 is 9.73 Å². The molecule has 0 amide bonds. The van der Waals surface area contributed by atoms with Crippen LogP contribution in [0.15, 0.2) is 16.5 Å². The Hall–Kier alpha value is -0.410. The Labute approximate surface area is 96.8 Å². The highest BCUT2D eigenvalue weighted by Gasteiger charge is 1.96. The number of rotatable bonds is 8. The zero-order valence-corrected chi connectivity index (χ0v) is 10.5. The highest BCUT2D eigenvalue weighted by Crippen LogP contribution is 2.05. The predicted octanol–water partition coefficient (Wildman–Crippen LogP) is 3.21. The molecule has 0 atom stereocenters. The van der Waals surface area contributed by atoms with Crippen LogP contribution in [0.3, 0.4) is 0 Å². The highest BCUT2D eigenvalue weighted by atomic mass is 32.2. The molecule has 15 heavy (non-hydrogen) atoms. The predicted molar refractivity (Wildman–Crippen MR) is 67.4 cm³/mol. The molecule has 1 aromatic rings. The van der Waals surface area contributed by atoms with Crippen LogP contribution in [0.4, 0.5) is 0 Å². The second-order valence-electron chi connectivity index (χ2n) is 3.74. The van der Waals surface area contributed by atoms with E-state index in [1.54, 1.807) is 0 Å². The standard InChI is InChI=1S/C12H21NOS/c1-11-6-7-12(14-11)10-13-8-4-3-5-9-15-2/h6-7,13H,3-5,8-10H2,1-2H3. The van der Waals surface area contributed by atoms with Gasteiger partial charge in [-0.15, -0.1) is 0 Å². The van der Waals surface area contributed by atoms with Crippen molar-refractivity contribution in [3.8, 4) is 0 Å². The molecule has 0 fully saturated rings. The van der Waals surface area contributed by atoms with Gasteiger partial charge >= 0.3 is 0 Å². The number of furan rings is 1. The summed E-state index contributed by atoms with van der Waals surface area (Å²) >= 11 is 1.93. The van der Waals surface area contributed by atoms with Crippen molar-refractivity contribution in [3.05, 3.63) is 23.7 Å². The molecule has 0 spiro atoms. The fourth-order valence-electron chi connectivity index (χ4n) is 1.46. The Morgan fingerprint density at radius 1 is 1.27 bits per heavy atom. The third-order valence-corrected chi connectivity index (χ3v) is 2.99. The molecule has 0 aliphatic carbocycles. The summed E-state index contributed by atoms with van der Waals surface area (Å²) in [5.74, 6) is 3.32. The van der Waals surface area contributed by atoms with E-state index < -0.39 is 0 Å². The molecule has 0 aromatic carbocycles. The van der Waals surface area contributed by atoms with Crippen molar-refractivity contribution in [1.29, 1.82) is 0 Å². The summed E-state index contributed by atoms with van der Waals surface area (Å²) in [4.78, 5) is 0. The van der Waals surface area contributed by atoms with Gasteiger partial charge in [0.15, 0.2) is 0 Å². The summed E-state index contributed by atoms with van der Waals surface area (Å²) in [5, 5.41) is 3.39. The third kappa shape index (κ3) is 5.90. The Kier molecular flexibility index (Phi) is 6.60. The topological polar surface area (TPSA) is 25.2 Å². The fraction of sp³-hybridized carbons (Fsp3) is 0.667. The molecule has 0 radical (unpaired) electrons. The van der Waals surface area contributed by atoms with Crippen LogP contribution in [0.5, 0.6) is 0 Å². The number of hydrogen-bond donors (Lipinski definition) is 1. The van der Waals surface area contributed by atoms with Crippen LogP contribution in [0.25, 0.3) is 0 Å². The molecule has 0 saturated carbocycles. The van der Waals surface area contributed by atoms with Gasteiger partial charge in [-0.05, 0) is 50.5 Å². The van der Waals surface area contributed by atoms with Crippen molar-refractivity contribution in [3.63, 3.8) is 0 Å². The molecule has 1 rings (SSSR count). The van der Waals surface area contributed by atoms with Crippen LogP contribution in [0.2, 0.25) is 0 Å². The summed E-state index contributed by atoms with van der Waals surface area (Å²) in [7, 11) is 0. The lowest BCUT2D eigenvalue weighted by Gasteiger charge is -2.02. The van der Waals surface area contributed by atoms with E-state index in [2.05, 4.69) is 11.6 Å². The molecule has 0 bridgehead atoms. The Morgan fingerprint density at radius 2 is 2.13 bits per heavy atom. The molecule has 0 saturated heterocycles. The second-order valence-corrected chi connectivity index (χ2v) is 4.73. The van der Waals surface area contributed by atoms with Crippen molar-refractivity contribution in [1.82, 2.24) is 5.32 Å². The van der Waals surface area contributed by atoms with E-state index >= 15 is 0 Å². The van der Waals surface area contributed by atoms with E-state index in [1.807, 2.05) is 30.8 Å². The van der Waals surface area contributed by atoms with Crippen LogP contribution in [0.1, 0.15) is 30.8 Å². The molecule has 86 valence electrons. The minimum absolute atomic E-state index is 0.858. The molecule has 1 heterocycles. The van der Waals surface area contributed by atoms with E-state index in [0.29, 0.717) is 0 Å². The monoisotopic (exact) mass is 227 g/mol. The lowest BCUT2D eigenvalue weighted by Crippen LogP contribution is -2.14. The molecule has 3 heteroatoms. The average Bonchev–Trinajstić information content (AvgIpc) is 2.63.